The maximum absolute atomic E-state index is 13.3. The normalized spacial score (nSPS) is 16.5. The Labute approximate surface area is 162 Å². The smallest absolute Gasteiger partial charge is 0.264 e. The van der Waals surface area contributed by atoms with E-state index in [4.69, 9.17) is 4.42 Å². The molecule has 144 valence electrons. The molecule has 1 amide bonds. The molecule has 0 radical (unpaired) electrons. The highest BCUT2D eigenvalue weighted by atomic mass is 16.3. The fraction of sp³-hybridized carbons (Fsp3) is 0.333. The summed E-state index contributed by atoms with van der Waals surface area (Å²) in [7, 11) is 0. The minimum Gasteiger partial charge on any atom is -0.467 e. The van der Waals surface area contributed by atoms with Crippen molar-refractivity contribution >= 4 is 5.91 Å². The molecule has 7 heteroatoms. The summed E-state index contributed by atoms with van der Waals surface area (Å²) < 4.78 is 7.03. The average molecular weight is 378 g/mol. The number of aryl methyl sites for hydroxylation is 2. The van der Waals surface area contributed by atoms with Crippen LogP contribution in [0, 0.1) is 13.8 Å². The van der Waals surface area contributed by atoms with Crippen molar-refractivity contribution in [3.63, 3.8) is 0 Å². The fourth-order valence-electron chi connectivity index (χ4n) is 3.66. The maximum Gasteiger partial charge on any atom is 0.264 e. The summed E-state index contributed by atoms with van der Waals surface area (Å²) in [5.41, 5.74) is 2.06. The molecule has 3 aromatic rings. The van der Waals surface area contributed by atoms with Crippen molar-refractivity contribution in [3.8, 4) is 0 Å². The van der Waals surface area contributed by atoms with Gasteiger partial charge >= 0.3 is 0 Å². The van der Waals surface area contributed by atoms with Crippen molar-refractivity contribution in [2.24, 2.45) is 0 Å². The molecule has 0 aliphatic carbocycles. The highest BCUT2D eigenvalue weighted by Gasteiger charge is 2.34. The molecule has 0 spiro atoms. The lowest BCUT2D eigenvalue weighted by molar-refractivity contribution is 0.0716. The molecule has 0 aromatic carbocycles. The van der Waals surface area contributed by atoms with E-state index in [1.165, 1.54) is 4.57 Å². The van der Waals surface area contributed by atoms with Crippen molar-refractivity contribution in [1.82, 2.24) is 19.4 Å². The first-order valence-electron chi connectivity index (χ1n) is 9.36. The Morgan fingerprint density at radius 1 is 1.25 bits per heavy atom. The quantitative estimate of drug-likeness (QED) is 0.697. The van der Waals surface area contributed by atoms with Crippen LogP contribution in [0.3, 0.4) is 0 Å². The molecule has 0 N–H and O–H groups in total. The number of carbonyl (C=O) groups is 1. The lowest BCUT2D eigenvalue weighted by Gasteiger charge is -2.24. The van der Waals surface area contributed by atoms with Gasteiger partial charge < -0.3 is 13.9 Å². The van der Waals surface area contributed by atoms with E-state index in [0.717, 1.165) is 24.3 Å². The van der Waals surface area contributed by atoms with E-state index in [1.54, 1.807) is 42.7 Å². The minimum atomic E-state index is -0.308. The second-order valence-electron chi connectivity index (χ2n) is 7.13. The van der Waals surface area contributed by atoms with Gasteiger partial charge in [0.15, 0.2) is 0 Å². The van der Waals surface area contributed by atoms with E-state index in [9.17, 15) is 9.59 Å². The van der Waals surface area contributed by atoms with Gasteiger partial charge in [-0.05, 0) is 50.5 Å². The van der Waals surface area contributed by atoms with Crippen molar-refractivity contribution < 1.29 is 9.21 Å². The molecule has 1 saturated heterocycles. The van der Waals surface area contributed by atoms with Gasteiger partial charge in [-0.15, -0.1) is 0 Å². The Morgan fingerprint density at radius 3 is 2.82 bits per heavy atom. The number of furan rings is 1. The topological polar surface area (TPSA) is 81.2 Å². The zero-order chi connectivity index (χ0) is 19.7. The van der Waals surface area contributed by atoms with Crippen LogP contribution in [-0.4, -0.2) is 31.9 Å². The number of carbonyl (C=O) groups excluding carboxylic acids is 1. The molecule has 1 fully saturated rings. The molecular weight excluding hydrogens is 356 g/mol. The summed E-state index contributed by atoms with van der Waals surface area (Å²) in [4.78, 5) is 36.7. The van der Waals surface area contributed by atoms with Gasteiger partial charge in [0.1, 0.15) is 11.3 Å². The summed E-state index contributed by atoms with van der Waals surface area (Å²) in [5, 5.41) is 0. The standard InChI is InChI=1S/C21H22N4O3/c1-14-7-9-24(13-16-12-22-15(2)11-23-16)20(26)19(14)21(27)25-8-3-5-17(25)18-6-4-10-28-18/h4,6-7,9-12,17H,3,5,8,13H2,1-2H3. The molecule has 4 rings (SSSR count). The number of aromatic nitrogens is 3. The predicted molar refractivity (Wildman–Crippen MR) is 103 cm³/mol. The van der Waals surface area contributed by atoms with E-state index in [2.05, 4.69) is 9.97 Å². The first-order chi connectivity index (χ1) is 13.5. The third-order valence-corrected chi connectivity index (χ3v) is 5.14. The van der Waals surface area contributed by atoms with Crippen LogP contribution >= 0.6 is 0 Å². The van der Waals surface area contributed by atoms with Gasteiger partial charge in [-0.3, -0.25) is 19.6 Å². The Bertz CT molecular complexity index is 1040. The maximum atomic E-state index is 13.3. The number of hydrogen-bond donors (Lipinski definition) is 0. The molecular formula is C21H22N4O3. The van der Waals surface area contributed by atoms with E-state index >= 15 is 0 Å². The molecule has 3 aromatic heterocycles. The number of likely N-dealkylation sites (tertiary alicyclic amines) is 1. The Kier molecular flexibility index (Phi) is 4.81. The van der Waals surface area contributed by atoms with E-state index in [-0.39, 0.29) is 29.6 Å². The van der Waals surface area contributed by atoms with Gasteiger partial charge in [-0.1, -0.05) is 0 Å². The Balaban J connectivity index is 1.66. The number of rotatable bonds is 4. The van der Waals surface area contributed by atoms with Crippen LogP contribution in [0.1, 0.15) is 52.0 Å². The molecule has 1 atom stereocenters. The van der Waals surface area contributed by atoms with Gasteiger partial charge in [0.05, 0.1) is 36.4 Å². The summed E-state index contributed by atoms with van der Waals surface area (Å²) in [6.07, 6.45) is 8.34. The van der Waals surface area contributed by atoms with Crippen LogP contribution in [0.2, 0.25) is 0 Å². The van der Waals surface area contributed by atoms with Gasteiger partial charge in [-0.2, -0.15) is 0 Å². The zero-order valence-corrected chi connectivity index (χ0v) is 16.0. The lowest BCUT2D eigenvalue weighted by Crippen LogP contribution is -2.37. The largest absolute Gasteiger partial charge is 0.467 e. The molecule has 28 heavy (non-hydrogen) atoms. The Morgan fingerprint density at radius 2 is 2.11 bits per heavy atom. The number of amides is 1. The second-order valence-corrected chi connectivity index (χ2v) is 7.13. The first-order valence-corrected chi connectivity index (χ1v) is 9.36. The number of nitrogens with zero attached hydrogens (tertiary/aromatic N) is 4. The fourth-order valence-corrected chi connectivity index (χ4v) is 3.66. The van der Waals surface area contributed by atoms with Crippen LogP contribution in [-0.2, 0) is 6.54 Å². The SMILES string of the molecule is Cc1cnc(Cn2ccc(C)c(C(=O)N3CCCC3c3ccco3)c2=O)cn1. The van der Waals surface area contributed by atoms with Gasteiger partial charge in [-0.25, -0.2) is 0 Å². The van der Waals surface area contributed by atoms with Crippen LogP contribution in [0.4, 0.5) is 0 Å². The van der Waals surface area contributed by atoms with Crippen LogP contribution in [0.15, 0.2) is 52.3 Å². The van der Waals surface area contributed by atoms with E-state index in [0.29, 0.717) is 17.8 Å². The third-order valence-electron chi connectivity index (χ3n) is 5.14. The van der Waals surface area contributed by atoms with Gasteiger partial charge in [0, 0.05) is 18.9 Å². The zero-order valence-electron chi connectivity index (χ0n) is 16.0. The molecule has 0 bridgehead atoms. The van der Waals surface area contributed by atoms with Gasteiger partial charge in [0.25, 0.3) is 11.5 Å². The van der Waals surface area contributed by atoms with E-state index < -0.39 is 0 Å². The summed E-state index contributed by atoms with van der Waals surface area (Å²) >= 11 is 0. The van der Waals surface area contributed by atoms with Crippen molar-refractivity contribution in [2.45, 2.75) is 39.3 Å². The van der Waals surface area contributed by atoms with Crippen LogP contribution in [0.5, 0.6) is 0 Å². The third kappa shape index (κ3) is 3.35. The molecule has 0 saturated carbocycles. The van der Waals surface area contributed by atoms with Gasteiger partial charge in [0.2, 0.25) is 0 Å². The second kappa shape index (κ2) is 7.42. The molecule has 4 heterocycles. The lowest BCUT2D eigenvalue weighted by atomic mass is 10.1. The summed E-state index contributed by atoms with van der Waals surface area (Å²) in [6.45, 7) is 4.54. The van der Waals surface area contributed by atoms with Crippen molar-refractivity contribution in [3.05, 3.63) is 81.7 Å². The van der Waals surface area contributed by atoms with E-state index in [1.807, 2.05) is 19.1 Å². The molecule has 1 unspecified atom stereocenters. The predicted octanol–water partition coefficient (Wildman–Crippen LogP) is 2.87. The molecule has 7 nitrogen and oxygen atoms in total. The molecule has 1 aliphatic heterocycles. The highest BCUT2D eigenvalue weighted by Crippen LogP contribution is 2.33. The van der Waals surface area contributed by atoms with Crippen molar-refractivity contribution in [1.29, 1.82) is 0 Å². The number of hydrogen-bond acceptors (Lipinski definition) is 5. The average Bonchev–Trinajstić information content (AvgIpc) is 3.37. The van der Waals surface area contributed by atoms with Crippen molar-refractivity contribution in [2.75, 3.05) is 6.54 Å². The monoisotopic (exact) mass is 378 g/mol. The van der Waals surface area contributed by atoms with Crippen LogP contribution < -0.4 is 5.56 Å². The summed E-state index contributed by atoms with van der Waals surface area (Å²) in [5.74, 6) is 0.514. The first kappa shape index (κ1) is 18.2. The molecule has 1 aliphatic rings. The Hall–Kier alpha value is -3.22. The highest BCUT2D eigenvalue weighted by molar-refractivity contribution is 5.95. The minimum absolute atomic E-state index is 0.127. The summed E-state index contributed by atoms with van der Waals surface area (Å²) in [6, 6.07) is 5.37. The van der Waals surface area contributed by atoms with Crippen LogP contribution in [0.25, 0.3) is 0 Å². The number of pyridine rings is 1.